The molecular weight excluding hydrogens is 276 g/mol. The quantitative estimate of drug-likeness (QED) is 0.915. The zero-order valence-corrected chi connectivity index (χ0v) is 12.6. The molecule has 0 bridgehead atoms. The molecule has 22 heavy (non-hydrogen) atoms. The Kier molecular flexibility index (Phi) is 4.11. The first-order valence-corrected chi connectivity index (χ1v) is 7.53. The van der Waals surface area contributed by atoms with E-state index in [0.717, 1.165) is 25.1 Å². The summed E-state index contributed by atoms with van der Waals surface area (Å²) in [6.07, 6.45) is 0.984. The average Bonchev–Trinajstić information content (AvgIpc) is 2.55. The Morgan fingerprint density at radius 1 is 1.23 bits per heavy atom. The number of nitrogens with one attached hydrogen (secondary N) is 1. The third-order valence-corrected chi connectivity index (χ3v) is 4.06. The van der Waals surface area contributed by atoms with Gasteiger partial charge in [0.1, 0.15) is 0 Å². The van der Waals surface area contributed by atoms with Gasteiger partial charge in [-0.15, -0.1) is 0 Å². The van der Waals surface area contributed by atoms with Crippen LogP contribution in [0.1, 0.15) is 23.7 Å². The Labute approximate surface area is 130 Å². The van der Waals surface area contributed by atoms with Crippen LogP contribution in [0.3, 0.4) is 0 Å². The molecule has 2 aromatic carbocycles. The molecule has 0 aliphatic carbocycles. The molecule has 2 aromatic rings. The molecule has 0 aromatic heterocycles. The number of hydrogen-bond acceptors (Lipinski definition) is 3. The van der Waals surface area contributed by atoms with Crippen molar-refractivity contribution in [2.24, 2.45) is 0 Å². The number of carbonyl (C=O) groups is 1. The normalized spacial score (nSPS) is 15.1. The molecule has 2 N–H and O–H groups in total. The molecular formula is C18H20N2O2. The number of nitrogens with zero attached hydrogens (tertiary/aromatic N) is 1. The lowest BCUT2D eigenvalue weighted by atomic mass is 10.0. The zero-order valence-electron chi connectivity index (χ0n) is 12.6. The predicted octanol–water partition coefficient (Wildman–Crippen LogP) is 2.74. The number of aliphatic hydroxyl groups is 1. The summed E-state index contributed by atoms with van der Waals surface area (Å²) in [5.74, 6) is -0.407. The Bertz CT molecular complexity index is 670. The fraction of sp³-hybridized carbons (Fsp3) is 0.278. The number of aliphatic hydroxyl groups excluding tert-OH is 1. The molecule has 1 aliphatic heterocycles. The molecule has 1 unspecified atom stereocenters. The second-order valence-corrected chi connectivity index (χ2v) is 5.67. The van der Waals surface area contributed by atoms with E-state index in [2.05, 4.69) is 17.3 Å². The highest BCUT2D eigenvalue weighted by Crippen LogP contribution is 2.29. The fourth-order valence-electron chi connectivity index (χ4n) is 2.86. The fourth-order valence-corrected chi connectivity index (χ4v) is 2.86. The van der Waals surface area contributed by atoms with E-state index in [1.54, 1.807) is 24.3 Å². The number of anilines is 2. The third-order valence-electron chi connectivity index (χ3n) is 4.06. The van der Waals surface area contributed by atoms with E-state index < -0.39 is 12.0 Å². The molecule has 1 heterocycles. The van der Waals surface area contributed by atoms with Gasteiger partial charge in [-0.05, 0) is 42.2 Å². The second-order valence-electron chi connectivity index (χ2n) is 5.67. The lowest BCUT2D eigenvalue weighted by molar-refractivity contribution is -0.124. The van der Waals surface area contributed by atoms with E-state index in [1.807, 2.05) is 24.3 Å². The van der Waals surface area contributed by atoms with Gasteiger partial charge in [-0.2, -0.15) is 0 Å². The van der Waals surface area contributed by atoms with Gasteiger partial charge < -0.3 is 15.3 Å². The molecule has 0 saturated carbocycles. The van der Waals surface area contributed by atoms with Crippen LogP contribution in [-0.4, -0.2) is 24.6 Å². The Hall–Kier alpha value is -2.33. The maximum atomic E-state index is 12.2. The summed E-state index contributed by atoms with van der Waals surface area (Å²) < 4.78 is 0. The molecule has 0 fully saturated rings. The number of aryl methyl sites for hydroxylation is 1. The van der Waals surface area contributed by atoms with Crippen molar-refractivity contribution in [1.82, 2.24) is 0 Å². The van der Waals surface area contributed by atoms with Crippen molar-refractivity contribution in [2.45, 2.75) is 18.9 Å². The van der Waals surface area contributed by atoms with Gasteiger partial charge in [0, 0.05) is 25.0 Å². The summed E-state index contributed by atoms with van der Waals surface area (Å²) in [7, 11) is 2.08. The molecule has 4 heteroatoms. The van der Waals surface area contributed by atoms with Gasteiger partial charge in [-0.3, -0.25) is 4.79 Å². The van der Waals surface area contributed by atoms with E-state index in [9.17, 15) is 9.90 Å². The van der Waals surface area contributed by atoms with Crippen LogP contribution in [0.25, 0.3) is 0 Å². The summed E-state index contributed by atoms with van der Waals surface area (Å²) >= 11 is 0. The smallest absolute Gasteiger partial charge is 0.257 e. The van der Waals surface area contributed by atoms with Crippen molar-refractivity contribution in [3.63, 3.8) is 0 Å². The van der Waals surface area contributed by atoms with Crippen molar-refractivity contribution in [2.75, 3.05) is 23.8 Å². The van der Waals surface area contributed by atoms with Crippen LogP contribution in [0.15, 0.2) is 48.5 Å². The molecule has 1 atom stereocenters. The summed E-state index contributed by atoms with van der Waals surface area (Å²) in [5, 5.41) is 12.9. The largest absolute Gasteiger partial charge is 0.378 e. The highest BCUT2D eigenvalue weighted by Gasteiger charge is 2.18. The predicted molar refractivity (Wildman–Crippen MR) is 88.1 cm³/mol. The van der Waals surface area contributed by atoms with Gasteiger partial charge in [-0.25, -0.2) is 0 Å². The van der Waals surface area contributed by atoms with Crippen LogP contribution in [0, 0.1) is 0 Å². The average molecular weight is 296 g/mol. The summed E-state index contributed by atoms with van der Waals surface area (Å²) in [5.41, 5.74) is 3.78. The molecule has 1 aliphatic rings. The van der Waals surface area contributed by atoms with Gasteiger partial charge in [0.05, 0.1) is 0 Å². The van der Waals surface area contributed by atoms with Gasteiger partial charge in [0.25, 0.3) is 5.91 Å². The van der Waals surface area contributed by atoms with Gasteiger partial charge in [0.15, 0.2) is 6.10 Å². The van der Waals surface area contributed by atoms with E-state index >= 15 is 0 Å². The maximum Gasteiger partial charge on any atom is 0.257 e. The minimum atomic E-state index is -1.15. The second kappa shape index (κ2) is 6.20. The van der Waals surface area contributed by atoms with Crippen molar-refractivity contribution >= 4 is 17.3 Å². The topological polar surface area (TPSA) is 52.6 Å². The third kappa shape index (κ3) is 2.97. The first-order valence-electron chi connectivity index (χ1n) is 7.53. The molecule has 114 valence electrons. The number of hydrogen-bond donors (Lipinski definition) is 2. The number of amides is 1. The Morgan fingerprint density at radius 2 is 2.00 bits per heavy atom. The Morgan fingerprint density at radius 3 is 2.77 bits per heavy atom. The highest BCUT2D eigenvalue weighted by atomic mass is 16.3. The molecule has 1 amide bonds. The monoisotopic (exact) mass is 296 g/mol. The van der Waals surface area contributed by atoms with Crippen molar-refractivity contribution in [3.05, 3.63) is 59.7 Å². The van der Waals surface area contributed by atoms with Gasteiger partial charge in [0.2, 0.25) is 0 Å². The SMILES string of the molecule is CN1CCCc2cc(NC(=O)C(O)c3ccccc3)ccc21. The molecule has 4 nitrogen and oxygen atoms in total. The molecule has 3 rings (SSSR count). The first kappa shape index (κ1) is 14.6. The van der Waals surface area contributed by atoms with E-state index in [4.69, 9.17) is 0 Å². The van der Waals surface area contributed by atoms with E-state index in [1.165, 1.54) is 11.3 Å². The van der Waals surface area contributed by atoms with Crippen LogP contribution in [0.2, 0.25) is 0 Å². The molecule has 0 saturated heterocycles. The van der Waals surface area contributed by atoms with Crippen LogP contribution in [-0.2, 0) is 11.2 Å². The van der Waals surface area contributed by atoms with Crippen LogP contribution in [0.5, 0.6) is 0 Å². The van der Waals surface area contributed by atoms with E-state index in [0.29, 0.717) is 5.56 Å². The van der Waals surface area contributed by atoms with Crippen molar-refractivity contribution in [3.8, 4) is 0 Å². The van der Waals surface area contributed by atoms with Crippen LogP contribution in [0.4, 0.5) is 11.4 Å². The standard InChI is InChI=1S/C18H20N2O2/c1-20-11-5-8-14-12-15(9-10-16(14)20)19-18(22)17(21)13-6-3-2-4-7-13/h2-4,6-7,9-10,12,17,21H,5,8,11H2,1H3,(H,19,22). The number of rotatable bonds is 3. The number of benzene rings is 2. The lowest BCUT2D eigenvalue weighted by Crippen LogP contribution is -2.25. The number of carbonyl (C=O) groups excluding carboxylic acids is 1. The summed E-state index contributed by atoms with van der Waals surface area (Å²) in [4.78, 5) is 14.4. The minimum absolute atomic E-state index is 0.407. The van der Waals surface area contributed by atoms with Crippen molar-refractivity contribution in [1.29, 1.82) is 0 Å². The van der Waals surface area contributed by atoms with Gasteiger partial charge >= 0.3 is 0 Å². The van der Waals surface area contributed by atoms with Crippen LogP contribution >= 0.6 is 0 Å². The maximum absolute atomic E-state index is 12.2. The zero-order chi connectivity index (χ0) is 15.5. The number of fused-ring (bicyclic) bond motifs is 1. The summed E-state index contributed by atoms with van der Waals surface area (Å²) in [6, 6.07) is 14.9. The lowest BCUT2D eigenvalue weighted by Gasteiger charge is -2.28. The highest BCUT2D eigenvalue weighted by molar-refractivity contribution is 5.95. The van der Waals surface area contributed by atoms with Crippen molar-refractivity contribution < 1.29 is 9.90 Å². The molecule has 0 radical (unpaired) electrons. The van der Waals surface area contributed by atoms with Gasteiger partial charge in [-0.1, -0.05) is 30.3 Å². The van der Waals surface area contributed by atoms with Crippen LogP contribution < -0.4 is 10.2 Å². The van der Waals surface area contributed by atoms with E-state index in [-0.39, 0.29) is 0 Å². The molecule has 0 spiro atoms. The minimum Gasteiger partial charge on any atom is -0.378 e. The first-order chi connectivity index (χ1) is 10.6. The summed E-state index contributed by atoms with van der Waals surface area (Å²) in [6.45, 7) is 1.06. The Balaban J connectivity index is 1.74.